The van der Waals surface area contributed by atoms with Crippen molar-refractivity contribution < 1.29 is 13.9 Å². The van der Waals surface area contributed by atoms with E-state index in [-0.39, 0.29) is 5.91 Å². The summed E-state index contributed by atoms with van der Waals surface area (Å²) >= 11 is 0. The molecule has 1 aromatic heterocycles. The predicted molar refractivity (Wildman–Crippen MR) is 124 cm³/mol. The molecule has 2 aromatic carbocycles. The van der Waals surface area contributed by atoms with Gasteiger partial charge in [-0.1, -0.05) is 42.5 Å². The molecule has 7 nitrogen and oxygen atoms in total. The summed E-state index contributed by atoms with van der Waals surface area (Å²) in [5.41, 5.74) is 2.28. The highest BCUT2D eigenvalue weighted by molar-refractivity contribution is 5.91. The molecule has 0 radical (unpaired) electrons. The third-order valence-corrected chi connectivity index (χ3v) is 5.40. The van der Waals surface area contributed by atoms with Crippen LogP contribution < -0.4 is 10.1 Å². The topological polar surface area (TPSA) is 70.3 Å². The molecule has 4 rings (SSSR count). The monoisotopic (exact) mass is 432 g/mol. The van der Waals surface area contributed by atoms with Crippen LogP contribution in [-0.4, -0.2) is 54.9 Å². The summed E-state index contributed by atoms with van der Waals surface area (Å²) in [6, 6.07) is 21.6. The van der Waals surface area contributed by atoms with Crippen molar-refractivity contribution in [3.8, 4) is 5.75 Å². The number of ether oxygens (including phenoxy) is 1. The second-order valence-corrected chi connectivity index (χ2v) is 7.58. The van der Waals surface area contributed by atoms with Crippen LogP contribution in [0.3, 0.4) is 0 Å². The predicted octanol–water partition coefficient (Wildman–Crippen LogP) is 3.39. The molecule has 1 aliphatic rings. The molecule has 1 amide bonds. The first kappa shape index (κ1) is 21.5. The van der Waals surface area contributed by atoms with Gasteiger partial charge in [0.1, 0.15) is 12.4 Å². The molecule has 2 heterocycles. The summed E-state index contributed by atoms with van der Waals surface area (Å²) in [6.07, 6.45) is 1.53. The van der Waals surface area contributed by atoms with Crippen LogP contribution in [0.2, 0.25) is 0 Å². The number of rotatable bonds is 6. The number of amides is 1. The standard InChI is InChI=1S/C25H28N4O3/c1-26-25(29-14-12-28(13-15-29)24(30)23-11-6-16-31-23)27-18-20-7-5-8-21(17-20)19-32-22-9-3-2-4-10-22/h2-11,16-17H,12-15,18-19H2,1H3,(H,26,27). The van der Waals surface area contributed by atoms with Crippen LogP contribution >= 0.6 is 0 Å². The number of benzene rings is 2. The van der Waals surface area contributed by atoms with Crippen molar-refractivity contribution in [2.75, 3.05) is 33.2 Å². The molecule has 1 fully saturated rings. The van der Waals surface area contributed by atoms with Crippen LogP contribution in [0.15, 0.2) is 82.4 Å². The maximum absolute atomic E-state index is 12.5. The van der Waals surface area contributed by atoms with Crippen molar-refractivity contribution in [3.63, 3.8) is 0 Å². The van der Waals surface area contributed by atoms with E-state index in [1.807, 2.05) is 41.3 Å². The van der Waals surface area contributed by atoms with Gasteiger partial charge in [-0.15, -0.1) is 0 Å². The van der Waals surface area contributed by atoms with Gasteiger partial charge in [0, 0.05) is 39.8 Å². The lowest BCUT2D eigenvalue weighted by molar-refractivity contribution is 0.0657. The van der Waals surface area contributed by atoms with E-state index in [9.17, 15) is 4.79 Å². The maximum Gasteiger partial charge on any atom is 0.289 e. The molecule has 1 saturated heterocycles. The third-order valence-electron chi connectivity index (χ3n) is 5.40. The van der Waals surface area contributed by atoms with Crippen molar-refractivity contribution in [2.24, 2.45) is 4.99 Å². The van der Waals surface area contributed by atoms with Crippen LogP contribution in [0.4, 0.5) is 0 Å². The number of aliphatic imine (C=N–C) groups is 1. The first-order valence-corrected chi connectivity index (χ1v) is 10.8. The highest BCUT2D eigenvalue weighted by Crippen LogP contribution is 2.13. The number of piperazine rings is 1. The molecular formula is C25H28N4O3. The van der Waals surface area contributed by atoms with Gasteiger partial charge in [-0.05, 0) is 35.4 Å². The minimum absolute atomic E-state index is 0.0628. The van der Waals surface area contributed by atoms with Gasteiger partial charge in [0.15, 0.2) is 11.7 Å². The van der Waals surface area contributed by atoms with Gasteiger partial charge in [0.05, 0.1) is 6.26 Å². The Bertz CT molecular complexity index is 1030. The fourth-order valence-corrected chi connectivity index (χ4v) is 3.70. The van der Waals surface area contributed by atoms with E-state index in [2.05, 4.69) is 33.4 Å². The average Bonchev–Trinajstić information content (AvgIpc) is 3.39. The Morgan fingerprint density at radius 2 is 1.72 bits per heavy atom. The zero-order chi connectivity index (χ0) is 22.2. The van der Waals surface area contributed by atoms with Gasteiger partial charge in [-0.25, -0.2) is 0 Å². The lowest BCUT2D eigenvalue weighted by Gasteiger charge is -2.36. The first-order chi connectivity index (χ1) is 15.7. The number of carbonyl (C=O) groups excluding carboxylic acids is 1. The number of hydrogen-bond donors (Lipinski definition) is 1. The normalized spacial score (nSPS) is 14.3. The van der Waals surface area contributed by atoms with Gasteiger partial charge in [0.2, 0.25) is 0 Å². The highest BCUT2D eigenvalue weighted by atomic mass is 16.5. The zero-order valence-corrected chi connectivity index (χ0v) is 18.2. The molecule has 1 N–H and O–H groups in total. The summed E-state index contributed by atoms with van der Waals surface area (Å²) in [7, 11) is 1.78. The van der Waals surface area contributed by atoms with E-state index < -0.39 is 0 Å². The summed E-state index contributed by atoms with van der Waals surface area (Å²) < 4.78 is 11.1. The quantitative estimate of drug-likeness (QED) is 0.478. The van der Waals surface area contributed by atoms with Crippen molar-refractivity contribution in [1.29, 1.82) is 0 Å². The third kappa shape index (κ3) is 5.49. The van der Waals surface area contributed by atoms with Gasteiger partial charge >= 0.3 is 0 Å². The summed E-state index contributed by atoms with van der Waals surface area (Å²) in [5.74, 6) is 2.02. The molecule has 0 atom stereocenters. The van der Waals surface area contributed by atoms with Crippen molar-refractivity contribution in [2.45, 2.75) is 13.2 Å². The van der Waals surface area contributed by atoms with E-state index in [1.165, 1.54) is 6.26 Å². The lowest BCUT2D eigenvalue weighted by atomic mass is 10.1. The summed E-state index contributed by atoms with van der Waals surface area (Å²) in [4.78, 5) is 20.9. The summed E-state index contributed by atoms with van der Waals surface area (Å²) in [6.45, 7) is 3.89. The Labute approximate surface area is 188 Å². The number of carbonyl (C=O) groups is 1. The Kier molecular flexibility index (Phi) is 7.07. The van der Waals surface area contributed by atoms with E-state index in [1.54, 1.807) is 19.2 Å². The number of nitrogens with zero attached hydrogens (tertiary/aromatic N) is 3. The highest BCUT2D eigenvalue weighted by Gasteiger charge is 2.25. The van der Waals surface area contributed by atoms with Crippen LogP contribution in [-0.2, 0) is 13.2 Å². The van der Waals surface area contributed by atoms with Crippen LogP contribution in [0, 0.1) is 0 Å². The fraction of sp³-hybridized carbons (Fsp3) is 0.280. The van der Waals surface area contributed by atoms with Crippen LogP contribution in [0.5, 0.6) is 5.75 Å². The Balaban J connectivity index is 1.27. The van der Waals surface area contributed by atoms with E-state index in [0.29, 0.717) is 32.0 Å². The maximum atomic E-state index is 12.5. The first-order valence-electron chi connectivity index (χ1n) is 10.8. The molecule has 0 bridgehead atoms. The van der Waals surface area contributed by atoms with E-state index >= 15 is 0 Å². The molecule has 166 valence electrons. The minimum Gasteiger partial charge on any atom is -0.489 e. The second kappa shape index (κ2) is 10.5. The van der Waals surface area contributed by atoms with Crippen molar-refractivity contribution in [1.82, 2.24) is 15.1 Å². The Hall–Kier alpha value is -3.74. The minimum atomic E-state index is -0.0628. The number of guanidine groups is 1. The zero-order valence-electron chi connectivity index (χ0n) is 18.2. The number of hydrogen-bond acceptors (Lipinski definition) is 4. The molecule has 0 aliphatic carbocycles. The molecule has 1 aliphatic heterocycles. The summed E-state index contributed by atoms with van der Waals surface area (Å²) in [5, 5.41) is 3.44. The van der Waals surface area contributed by atoms with Crippen molar-refractivity contribution >= 4 is 11.9 Å². The number of nitrogens with one attached hydrogen (secondary N) is 1. The van der Waals surface area contributed by atoms with Crippen LogP contribution in [0.1, 0.15) is 21.7 Å². The van der Waals surface area contributed by atoms with Crippen LogP contribution in [0.25, 0.3) is 0 Å². The molecule has 0 saturated carbocycles. The molecule has 0 unspecified atom stereocenters. The number of para-hydroxylation sites is 1. The largest absolute Gasteiger partial charge is 0.489 e. The van der Waals surface area contributed by atoms with Gasteiger partial charge in [-0.3, -0.25) is 9.79 Å². The molecule has 3 aromatic rings. The fourth-order valence-electron chi connectivity index (χ4n) is 3.70. The van der Waals surface area contributed by atoms with E-state index in [4.69, 9.17) is 9.15 Å². The Morgan fingerprint density at radius 3 is 2.44 bits per heavy atom. The Morgan fingerprint density at radius 1 is 0.969 bits per heavy atom. The molecular weight excluding hydrogens is 404 g/mol. The SMILES string of the molecule is CN=C(NCc1cccc(COc2ccccc2)c1)N1CCN(C(=O)c2ccco2)CC1. The molecule has 0 spiro atoms. The average molecular weight is 433 g/mol. The number of furan rings is 1. The molecule has 32 heavy (non-hydrogen) atoms. The van der Waals surface area contributed by atoms with E-state index in [0.717, 1.165) is 35.9 Å². The smallest absolute Gasteiger partial charge is 0.289 e. The van der Waals surface area contributed by atoms with Gasteiger partial charge in [-0.2, -0.15) is 0 Å². The lowest BCUT2D eigenvalue weighted by Crippen LogP contribution is -2.53. The van der Waals surface area contributed by atoms with Gasteiger partial charge in [0.25, 0.3) is 5.91 Å². The van der Waals surface area contributed by atoms with Gasteiger partial charge < -0.3 is 24.3 Å². The van der Waals surface area contributed by atoms with Crippen molar-refractivity contribution in [3.05, 3.63) is 89.9 Å². The second-order valence-electron chi connectivity index (χ2n) is 7.58. The molecule has 7 heteroatoms.